The van der Waals surface area contributed by atoms with E-state index in [1.165, 1.54) is 5.56 Å². The Labute approximate surface area is 153 Å². The summed E-state index contributed by atoms with van der Waals surface area (Å²) < 4.78 is 0. The van der Waals surface area contributed by atoms with Gasteiger partial charge in [0.15, 0.2) is 0 Å². The van der Waals surface area contributed by atoms with Crippen molar-refractivity contribution in [3.63, 3.8) is 0 Å². The zero-order valence-electron chi connectivity index (χ0n) is 14.9. The molecule has 3 aromatic rings. The number of nitrogens with two attached hydrogens (primary N) is 1. The Kier molecular flexibility index (Phi) is 4.25. The van der Waals surface area contributed by atoms with E-state index < -0.39 is 0 Å². The summed E-state index contributed by atoms with van der Waals surface area (Å²) in [5, 5.41) is 0. The van der Waals surface area contributed by atoms with E-state index in [0.29, 0.717) is 5.95 Å². The summed E-state index contributed by atoms with van der Waals surface area (Å²) in [5.74, 6) is 0.314. The van der Waals surface area contributed by atoms with Gasteiger partial charge in [-0.2, -0.15) is 0 Å². The minimum atomic E-state index is -0.269. The van der Waals surface area contributed by atoms with Gasteiger partial charge in [0, 0.05) is 0 Å². The van der Waals surface area contributed by atoms with E-state index in [9.17, 15) is 0 Å². The van der Waals surface area contributed by atoms with Crippen LogP contribution in [0.3, 0.4) is 0 Å². The molecule has 0 spiro atoms. The highest BCUT2D eigenvalue weighted by Crippen LogP contribution is 2.39. The fourth-order valence-electron chi connectivity index (χ4n) is 3.66. The second-order valence-corrected chi connectivity index (χ2v) is 6.67. The van der Waals surface area contributed by atoms with Gasteiger partial charge in [-0.05, 0) is 30.5 Å². The first kappa shape index (κ1) is 16.5. The van der Waals surface area contributed by atoms with Gasteiger partial charge < -0.3 is 5.73 Å². The summed E-state index contributed by atoms with van der Waals surface area (Å²) in [7, 11) is 0. The monoisotopic (exact) mass is 342 g/mol. The molecule has 1 atom stereocenters. The molecule has 1 aliphatic carbocycles. The molecular formula is C22H22N4. The van der Waals surface area contributed by atoms with Gasteiger partial charge in [0.2, 0.25) is 5.95 Å². The quantitative estimate of drug-likeness (QED) is 0.765. The highest BCUT2D eigenvalue weighted by Gasteiger charge is 2.33. The summed E-state index contributed by atoms with van der Waals surface area (Å²) in [4.78, 5) is 13.9. The lowest BCUT2D eigenvalue weighted by Crippen LogP contribution is -2.27. The number of aromatic nitrogens is 3. The van der Waals surface area contributed by atoms with Gasteiger partial charge in [0.25, 0.3) is 0 Å². The van der Waals surface area contributed by atoms with Crippen molar-refractivity contribution >= 4 is 17.0 Å². The number of nitrogens with zero attached hydrogens (tertiary/aromatic N) is 3. The lowest BCUT2D eigenvalue weighted by molar-refractivity contribution is 0.627. The Hall–Kier alpha value is -3.01. The summed E-state index contributed by atoms with van der Waals surface area (Å²) >= 11 is 0. The van der Waals surface area contributed by atoms with Crippen molar-refractivity contribution in [1.82, 2.24) is 15.0 Å². The predicted octanol–water partition coefficient (Wildman–Crippen LogP) is 4.36. The van der Waals surface area contributed by atoms with E-state index in [1.807, 2.05) is 12.1 Å². The van der Waals surface area contributed by atoms with Crippen LogP contribution in [0.25, 0.3) is 11.0 Å². The Balaban J connectivity index is 1.94. The van der Waals surface area contributed by atoms with Gasteiger partial charge in [-0.25, -0.2) is 15.0 Å². The van der Waals surface area contributed by atoms with Crippen molar-refractivity contribution in [2.75, 3.05) is 5.73 Å². The molecule has 0 radical (unpaired) electrons. The van der Waals surface area contributed by atoms with E-state index >= 15 is 0 Å². The Morgan fingerprint density at radius 1 is 1.00 bits per heavy atom. The highest BCUT2D eigenvalue weighted by molar-refractivity contribution is 5.78. The standard InChI is InChI=1S/C22H22N4/c1-2-9-17-20-18(25-21(23)24-17)12-13-19(26-20)22(14-7-4-8-15-22)16-10-5-3-6-11-16/h3-8,10-14H,2,9,15H2,1H3,(H2,23,24,25). The lowest BCUT2D eigenvalue weighted by atomic mass is 9.72. The fraction of sp³-hybridized carbons (Fsp3) is 0.227. The van der Waals surface area contributed by atoms with Crippen LogP contribution >= 0.6 is 0 Å². The maximum Gasteiger partial charge on any atom is 0.220 e. The maximum atomic E-state index is 5.88. The number of fused-ring (bicyclic) bond motifs is 1. The normalized spacial score (nSPS) is 19.1. The van der Waals surface area contributed by atoms with Crippen molar-refractivity contribution in [2.45, 2.75) is 31.6 Å². The Morgan fingerprint density at radius 3 is 2.58 bits per heavy atom. The van der Waals surface area contributed by atoms with Gasteiger partial charge >= 0.3 is 0 Å². The Bertz CT molecular complexity index is 992. The molecule has 0 saturated heterocycles. The van der Waals surface area contributed by atoms with Crippen LogP contribution in [0.15, 0.2) is 66.8 Å². The van der Waals surface area contributed by atoms with E-state index in [1.54, 1.807) is 0 Å². The van der Waals surface area contributed by atoms with Crippen molar-refractivity contribution < 1.29 is 0 Å². The minimum Gasteiger partial charge on any atom is -0.368 e. The molecule has 1 unspecified atom stereocenters. The number of benzene rings is 1. The van der Waals surface area contributed by atoms with Crippen LogP contribution in [-0.4, -0.2) is 15.0 Å². The van der Waals surface area contributed by atoms with Crippen molar-refractivity contribution in [3.05, 3.63) is 83.7 Å². The van der Waals surface area contributed by atoms with Gasteiger partial charge in [-0.1, -0.05) is 68.0 Å². The number of hydrogen-bond acceptors (Lipinski definition) is 4. The molecule has 4 nitrogen and oxygen atoms in total. The van der Waals surface area contributed by atoms with E-state index in [4.69, 9.17) is 10.7 Å². The van der Waals surface area contributed by atoms with Gasteiger partial charge in [-0.15, -0.1) is 0 Å². The van der Waals surface area contributed by atoms with Crippen LogP contribution < -0.4 is 5.73 Å². The van der Waals surface area contributed by atoms with E-state index in [0.717, 1.165) is 41.7 Å². The largest absolute Gasteiger partial charge is 0.368 e. The van der Waals surface area contributed by atoms with Crippen LogP contribution in [0.2, 0.25) is 0 Å². The predicted molar refractivity (Wildman–Crippen MR) is 106 cm³/mol. The van der Waals surface area contributed by atoms with Gasteiger partial charge in [0.05, 0.1) is 22.3 Å². The fourth-order valence-corrected chi connectivity index (χ4v) is 3.66. The second-order valence-electron chi connectivity index (χ2n) is 6.67. The molecule has 1 aliphatic rings. The smallest absolute Gasteiger partial charge is 0.220 e. The van der Waals surface area contributed by atoms with Gasteiger partial charge in [-0.3, -0.25) is 0 Å². The first-order valence-corrected chi connectivity index (χ1v) is 9.06. The van der Waals surface area contributed by atoms with Crippen LogP contribution in [0.4, 0.5) is 5.95 Å². The Morgan fingerprint density at radius 2 is 1.85 bits per heavy atom. The molecule has 1 aromatic carbocycles. The highest BCUT2D eigenvalue weighted by atomic mass is 15.0. The molecule has 2 aromatic heterocycles. The molecule has 2 N–H and O–H groups in total. The van der Waals surface area contributed by atoms with Crippen molar-refractivity contribution in [1.29, 1.82) is 0 Å². The van der Waals surface area contributed by atoms with Crippen molar-refractivity contribution in [2.24, 2.45) is 0 Å². The lowest BCUT2D eigenvalue weighted by Gasteiger charge is -2.31. The molecule has 130 valence electrons. The number of allylic oxidation sites excluding steroid dienone is 4. The zero-order chi connectivity index (χ0) is 18.0. The summed E-state index contributed by atoms with van der Waals surface area (Å²) in [6.07, 6.45) is 11.4. The SMILES string of the molecule is CCCc1nc(N)nc2ccc(C3(c4ccccc4)C=CC=CC3)nc12. The number of aryl methyl sites for hydroxylation is 1. The number of hydrogen-bond donors (Lipinski definition) is 1. The molecule has 4 rings (SSSR count). The first-order valence-electron chi connectivity index (χ1n) is 9.06. The van der Waals surface area contributed by atoms with E-state index in [-0.39, 0.29) is 5.41 Å². The van der Waals surface area contributed by atoms with Crippen LogP contribution in [0, 0.1) is 0 Å². The number of anilines is 1. The third-order valence-corrected chi connectivity index (χ3v) is 4.93. The first-order chi connectivity index (χ1) is 12.7. The number of pyridine rings is 1. The number of rotatable bonds is 4. The van der Waals surface area contributed by atoms with E-state index in [2.05, 4.69) is 71.5 Å². The molecule has 0 fully saturated rings. The van der Waals surface area contributed by atoms with Crippen LogP contribution in [0.1, 0.15) is 36.7 Å². The molecular weight excluding hydrogens is 320 g/mol. The molecule has 0 bridgehead atoms. The molecule has 0 saturated carbocycles. The third-order valence-electron chi connectivity index (χ3n) is 4.93. The summed E-state index contributed by atoms with van der Waals surface area (Å²) in [6, 6.07) is 14.6. The average molecular weight is 342 g/mol. The summed E-state index contributed by atoms with van der Waals surface area (Å²) in [6.45, 7) is 2.13. The molecule has 0 amide bonds. The number of nitrogen functional groups attached to an aromatic ring is 1. The molecule has 4 heteroatoms. The third kappa shape index (κ3) is 2.77. The summed E-state index contributed by atoms with van der Waals surface area (Å²) in [5.41, 5.74) is 10.5. The molecule has 0 aliphatic heterocycles. The maximum absolute atomic E-state index is 5.88. The van der Waals surface area contributed by atoms with Crippen LogP contribution in [0.5, 0.6) is 0 Å². The minimum absolute atomic E-state index is 0.269. The molecule has 2 heterocycles. The zero-order valence-corrected chi connectivity index (χ0v) is 14.9. The van der Waals surface area contributed by atoms with Crippen molar-refractivity contribution in [3.8, 4) is 0 Å². The van der Waals surface area contributed by atoms with Crippen LogP contribution in [-0.2, 0) is 11.8 Å². The second kappa shape index (κ2) is 6.71. The average Bonchev–Trinajstić information content (AvgIpc) is 2.69. The van der Waals surface area contributed by atoms with Gasteiger partial charge in [0.1, 0.15) is 5.52 Å². The molecule has 26 heavy (non-hydrogen) atoms. The topological polar surface area (TPSA) is 64.7 Å².